The molecule has 2 unspecified atom stereocenters. The monoisotopic (exact) mass is 645 g/mol. The molecule has 3 aliphatic rings. The predicted octanol–water partition coefficient (Wildman–Crippen LogP) is 11.5. The van der Waals surface area contributed by atoms with Crippen LogP contribution in [0.1, 0.15) is 36.6 Å². The number of fused-ring (bicyclic) bond motifs is 12. The molecule has 11 rings (SSSR count). The van der Waals surface area contributed by atoms with Gasteiger partial charge in [0.2, 0.25) is 5.95 Å². The summed E-state index contributed by atoms with van der Waals surface area (Å²) in [6.45, 7) is 4.70. The Morgan fingerprint density at radius 3 is 2.29 bits per heavy atom. The number of rotatable bonds is 2. The maximum Gasteiger partial charge on any atom is 0.235 e. The van der Waals surface area contributed by atoms with E-state index in [1.807, 2.05) is 11.8 Å². The van der Waals surface area contributed by atoms with Gasteiger partial charge in [0.15, 0.2) is 0 Å². The Hall–Kier alpha value is -5.45. The minimum atomic E-state index is -0.0947. The summed E-state index contributed by atoms with van der Waals surface area (Å²) in [5.74, 6) is 0.932. The van der Waals surface area contributed by atoms with E-state index in [1.165, 1.54) is 59.5 Å². The second kappa shape index (κ2) is 9.81. The van der Waals surface area contributed by atoms with Crippen LogP contribution in [0.15, 0.2) is 144 Å². The van der Waals surface area contributed by atoms with E-state index in [4.69, 9.17) is 9.97 Å². The molecule has 8 aromatic rings. The van der Waals surface area contributed by atoms with E-state index in [1.54, 1.807) is 0 Å². The Morgan fingerprint density at radius 2 is 1.39 bits per heavy atom. The standard InChI is InChI=1S/C45H31N3S/c1-45(2)35-17-9-7-15-31(35)32-21-19-29(24-36(32)45)41-43-42(33-16-8-10-18-39(33)49-43)47-44(46-41)48-37-22-20-26-11-5-6-14-30(26)40(37)34-23-27-12-3-4-13-28(27)25-38(34)48/h3-25,33,39H,1-2H3. The highest BCUT2D eigenvalue weighted by atomic mass is 32.2. The molecule has 0 radical (unpaired) electrons. The van der Waals surface area contributed by atoms with Crippen LogP contribution >= 0.6 is 11.8 Å². The zero-order valence-corrected chi connectivity index (χ0v) is 28.0. The zero-order chi connectivity index (χ0) is 32.4. The van der Waals surface area contributed by atoms with Crippen molar-refractivity contribution in [1.82, 2.24) is 14.5 Å². The quantitative estimate of drug-likeness (QED) is 0.187. The second-order valence-electron chi connectivity index (χ2n) is 14.1. The summed E-state index contributed by atoms with van der Waals surface area (Å²) in [6.07, 6.45) is 8.99. The van der Waals surface area contributed by atoms with Gasteiger partial charge in [0.1, 0.15) is 0 Å². The molecule has 0 saturated heterocycles. The molecule has 232 valence electrons. The average molecular weight is 646 g/mol. The van der Waals surface area contributed by atoms with Gasteiger partial charge in [0, 0.05) is 32.9 Å². The van der Waals surface area contributed by atoms with Gasteiger partial charge in [-0.25, -0.2) is 9.97 Å². The first-order chi connectivity index (χ1) is 24.0. The third-order valence-electron chi connectivity index (χ3n) is 11.1. The maximum atomic E-state index is 5.58. The maximum absolute atomic E-state index is 5.58. The van der Waals surface area contributed by atoms with Crippen molar-refractivity contribution in [3.8, 4) is 28.3 Å². The molecule has 2 aliphatic carbocycles. The summed E-state index contributed by atoms with van der Waals surface area (Å²) in [5, 5.41) is 7.70. The zero-order valence-electron chi connectivity index (χ0n) is 27.2. The average Bonchev–Trinajstić information content (AvgIpc) is 3.75. The largest absolute Gasteiger partial charge is 0.278 e. The molecule has 4 heteroatoms. The first kappa shape index (κ1) is 27.5. The molecule has 0 bridgehead atoms. The topological polar surface area (TPSA) is 30.7 Å². The lowest BCUT2D eigenvalue weighted by atomic mass is 9.82. The molecule has 1 aliphatic heterocycles. The van der Waals surface area contributed by atoms with Gasteiger partial charge in [0.25, 0.3) is 0 Å². The SMILES string of the molecule is CC1(C)c2ccccc2-c2ccc(-c3nc(-n4c5cc6ccccc6cc5c5c6ccccc6ccc54)nc4c3SC3C=CC=CC43)cc21. The van der Waals surface area contributed by atoms with E-state index in [9.17, 15) is 0 Å². The summed E-state index contributed by atoms with van der Waals surface area (Å²) < 4.78 is 2.32. The number of nitrogens with zero attached hydrogens (tertiary/aromatic N) is 3. The van der Waals surface area contributed by atoms with Gasteiger partial charge in [-0.1, -0.05) is 129 Å². The molecule has 49 heavy (non-hydrogen) atoms. The molecule has 3 heterocycles. The van der Waals surface area contributed by atoms with E-state index < -0.39 is 0 Å². The Kier molecular flexibility index (Phi) is 5.50. The fourth-order valence-electron chi connectivity index (χ4n) is 8.72. The van der Waals surface area contributed by atoms with Crippen molar-refractivity contribution < 1.29 is 0 Å². The smallest absolute Gasteiger partial charge is 0.235 e. The van der Waals surface area contributed by atoms with Crippen LogP contribution in [0.4, 0.5) is 0 Å². The van der Waals surface area contributed by atoms with Crippen LogP contribution < -0.4 is 0 Å². The molecule has 2 aromatic heterocycles. The molecule has 6 aromatic carbocycles. The van der Waals surface area contributed by atoms with E-state index in [0.717, 1.165) is 33.9 Å². The molecular weight excluding hydrogens is 615 g/mol. The summed E-state index contributed by atoms with van der Waals surface area (Å²) in [6, 6.07) is 42.4. The van der Waals surface area contributed by atoms with E-state index in [0.29, 0.717) is 5.25 Å². The van der Waals surface area contributed by atoms with Gasteiger partial charge in [-0.15, -0.1) is 11.8 Å². The second-order valence-corrected chi connectivity index (χ2v) is 15.3. The van der Waals surface area contributed by atoms with Crippen LogP contribution in [0.25, 0.3) is 71.7 Å². The van der Waals surface area contributed by atoms with E-state index in [-0.39, 0.29) is 11.3 Å². The van der Waals surface area contributed by atoms with Crippen molar-refractivity contribution in [3.05, 3.63) is 156 Å². The van der Waals surface area contributed by atoms with Crippen molar-refractivity contribution in [1.29, 1.82) is 0 Å². The Labute approximate surface area is 288 Å². The van der Waals surface area contributed by atoms with Gasteiger partial charge in [-0.05, 0) is 68.1 Å². The van der Waals surface area contributed by atoms with Crippen LogP contribution in [-0.2, 0) is 5.41 Å². The minimum absolute atomic E-state index is 0.0947. The fourth-order valence-corrected chi connectivity index (χ4v) is 10.1. The molecule has 0 N–H and O–H groups in total. The van der Waals surface area contributed by atoms with Gasteiger partial charge < -0.3 is 0 Å². The highest BCUT2D eigenvalue weighted by Gasteiger charge is 2.38. The first-order valence-corrected chi connectivity index (χ1v) is 18.0. The number of hydrogen-bond donors (Lipinski definition) is 0. The molecule has 0 amide bonds. The van der Waals surface area contributed by atoms with Gasteiger partial charge in [-0.2, -0.15) is 0 Å². The number of thioether (sulfide) groups is 1. The lowest BCUT2D eigenvalue weighted by Gasteiger charge is -2.22. The molecule has 2 atom stereocenters. The van der Waals surface area contributed by atoms with Gasteiger partial charge >= 0.3 is 0 Å². The van der Waals surface area contributed by atoms with Gasteiger partial charge in [-0.3, -0.25) is 4.57 Å². The van der Waals surface area contributed by atoms with Crippen molar-refractivity contribution in [2.75, 3.05) is 0 Å². The number of benzene rings is 6. The van der Waals surface area contributed by atoms with Gasteiger partial charge in [0.05, 0.1) is 27.3 Å². The van der Waals surface area contributed by atoms with E-state index in [2.05, 4.69) is 158 Å². The molecule has 3 nitrogen and oxygen atoms in total. The third kappa shape index (κ3) is 3.75. The van der Waals surface area contributed by atoms with Crippen molar-refractivity contribution in [3.63, 3.8) is 0 Å². The molecular formula is C45H31N3S. The van der Waals surface area contributed by atoms with Crippen molar-refractivity contribution in [2.24, 2.45) is 0 Å². The molecule has 0 spiro atoms. The summed E-state index contributed by atoms with van der Waals surface area (Å²) >= 11 is 1.91. The summed E-state index contributed by atoms with van der Waals surface area (Å²) in [4.78, 5) is 12.3. The highest BCUT2D eigenvalue weighted by molar-refractivity contribution is 8.00. The minimum Gasteiger partial charge on any atom is -0.278 e. The fraction of sp³-hybridized carbons (Fsp3) is 0.111. The lowest BCUT2D eigenvalue weighted by Crippen LogP contribution is -2.15. The Morgan fingerprint density at radius 1 is 0.633 bits per heavy atom. The predicted molar refractivity (Wildman–Crippen MR) is 205 cm³/mol. The number of aromatic nitrogens is 3. The Bertz CT molecular complexity index is 2800. The first-order valence-electron chi connectivity index (χ1n) is 17.1. The molecule has 0 fully saturated rings. The van der Waals surface area contributed by atoms with Crippen LogP contribution in [0, 0.1) is 0 Å². The Balaban J connectivity index is 1.22. The van der Waals surface area contributed by atoms with Crippen LogP contribution in [-0.4, -0.2) is 19.8 Å². The lowest BCUT2D eigenvalue weighted by molar-refractivity contribution is 0.660. The summed E-state index contributed by atoms with van der Waals surface area (Å²) in [7, 11) is 0. The van der Waals surface area contributed by atoms with Crippen LogP contribution in [0.3, 0.4) is 0 Å². The number of allylic oxidation sites excluding steroid dienone is 3. The van der Waals surface area contributed by atoms with Crippen LogP contribution in [0.5, 0.6) is 0 Å². The molecule has 0 saturated carbocycles. The van der Waals surface area contributed by atoms with Crippen LogP contribution in [0.2, 0.25) is 0 Å². The highest BCUT2D eigenvalue weighted by Crippen LogP contribution is 2.53. The van der Waals surface area contributed by atoms with Crippen molar-refractivity contribution in [2.45, 2.75) is 35.3 Å². The van der Waals surface area contributed by atoms with E-state index >= 15 is 0 Å². The summed E-state index contributed by atoms with van der Waals surface area (Å²) in [5.41, 5.74) is 10.9. The van der Waals surface area contributed by atoms with Crippen molar-refractivity contribution >= 4 is 55.1 Å². The normalized spacial score (nSPS) is 18.3. The number of hydrogen-bond acceptors (Lipinski definition) is 3. The third-order valence-corrected chi connectivity index (χ3v) is 12.5.